The molecule has 0 spiro atoms. The molecule has 10 heteroatoms. The van der Waals surface area contributed by atoms with Crippen LogP contribution in [0, 0.1) is 22.7 Å². The van der Waals surface area contributed by atoms with Crippen molar-refractivity contribution in [2.45, 2.75) is 0 Å². The Labute approximate surface area is 325 Å². The van der Waals surface area contributed by atoms with Crippen molar-refractivity contribution >= 4 is 102 Å². The zero-order valence-corrected chi connectivity index (χ0v) is 32.6. The van der Waals surface area contributed by atoms with Gasteiger partial charge in [-0.1, -0.05) is 12.1 Å². The second-order valence-corrected chi connectivity index (χ2v) is 17.7. The molecule has 4 nitrogen and oxygen atoms in total. The highest BCUT2D eigenvalue weighted by molar-refractivity contribution is 7.25. The molecule has 0 aliphatic carbocycles. The fourth-order valence-electron chi connectivity index (χ4n) is 6.00. The largest absolute Gasteiger partial charge is 0.495 e. The van der Waals surface area contributed by atoms with Crippen molar-refractivity contribution in [3.05, 3.63) is 127 Å². The van der Waals surface area contributed by atoms with Gasteiger partial charge >= 0.3 is 0 Å². The van der Waals surface area contributed by atoms with Gasteiger partial charge in [0.2, 0.25) is 0 Å². The Bertz CT molecular complexity index is 2500. The van der Waals surface area contributed by atoms with E-state index in [0.29, 0.717) is 11.1 Å². The van der Waals surface area contributed by atoms with E-state index in [1.54, 1.807) is 82.2 Å². The molecule has 0 saturated carbocycles. The number of nitrogens with zero attached hydrogens (tertiary/aromatic N) is 2. The van der Waals surface area contributed by atoms with Crippen molar-refractivity contribution in [1.82, 2.24) is 0 Å². The average Bonchev–Trinajstić information content (AvgIpc) is 4.03. The molecule has 0 saturated heterocycles. The van der Waals surface area contributed by atoms with Gasteiger partial charge in [0.1, 0.15) is 23.6 Å². The van der Waals surface area contributed by atoms with Crippen LogP contribution in [0.25, 0.3) is 74.5 Å². The summed E-state index contributed by atoms with van der Waals surface area (Å²) in [6, 6.07) is 38.1. The third kappa shape index (κ3) is 6.57. The van der Waals surface area contributed by atoms with E-state index >= 15 is 0 Å². The summed E-state index contributed by atoms with van der Waals surface area (Å²) in [6.07, 6.45) is 3.94. The number of thiophene rings is 6. The Kier molecular flexibility index (Phi) is 9.76. The van der Waals surface area contributed by atoms with Crippen LogP contribution in [0.4, 0.5) is 0 Å². The molecule has 0 bridgehead atoms. The topological polar surface area (TPSA) is 66.0 Å². The van der Waals surface area contributed by atoms with Gasteiger partial charge < -0.3 is 9.47 Å². The van der Waals surface area contributed by atoms with E-state index in [2.05, 4.69) is 84.9 Å². The zero-order valence-electron chi connectivity index (χ0n) is 27.7. The Morgan fingerprint density at radius 3 is 1.29 bits per heavy atom. The molecule has 6 aromatic heterocycles. The lowest BCUT2D eigenvalue weighted by Crippen LogP contribution is -1.93. The Morgan fingerprint density at radius 1 is 0.500 bits per heavy atom. The van der Waals surface area contributed by atoms with Gasteiger partial charge in [0.25, 0.3) is 0 Å². The van der Waals surface area contributed by atoms with Crippen molar-refractivity contribution in [2.75, 3.05) is 14.2 Å². The monoisotopic (exact) mass is 782 g/mol. The summed E-state index contributed by atoms with van der Waals surface area (Å²) in [7, 11) is 3.45. The highest BCUT2D eigenvalue weighted by Crippen LogP contribution is 2.48. The second kappa shape index (κ2) is 14.9. The molecule has 0 unspecified atom stereocenters. The molecule has 8 rings (SSSR count). The third-order valence-corrected chi connectivity index (χ3v) is 14.9. The summed E-state index contributed by atoms with van der Waals surface area (Å²) in [5, 5.41) is 25.4. The molecule has 8 aromatic rings. The maximum absolute atomic E-state index is 9.71. The molecule has 0 amide bonds. The number of hydrogen-bond acceptors (Lipinski definition) is 10. The van der Waals surface area contributed by atoms with Gasteiger partial charge in [-0.2, -0.15) is 10.5 Å². The van der Waals surface area contributed by atoms with E-state index in [-0.39, 0.29) is 0 Å². The fraction of sp³-hybridized carbons (Fsp3) is 0.0476. The minimum absolute atomic E-state index is 0.681. The number of fused-ring (bicyclic) bond motifs is 1. The predicted molar refractivity (Wildman–Crippen MR) is 226 cm³/mol. The van der Waals surface area contributed by atoms with Gasteiger partial charge in [-0.25, -0.2) is 0 Å². The molecule has 0 aliphatic rings. The second-order valence-electron chi connectivity index (χ2n) is 11.4. The van der Waals surface area contributed by atoms with Crippen molar-refractivity contribution < 1.29 is 9.47 Å². The fourth-order valence-corrected chi connectivity index (χ4v) is 11.5. The summed E-state index contributed by atoms with van der Waals surface area (Å²) in [6.45, 7) is 0. The van der Waals surface area contributed by atoms with Crippen LogP contribution < -0.4 is 9.47 Å². The van der Waals surface area contributed by atoms with Gasteiger partial charge in [-0.05, 0) is 108 Å². The lowest BCUT2D eigenvalue weighted by molar-refractivity contribution is 0.417. The van der Waals surface area contributed by atoms with Crippen LogP contribution in [-0.4, -0.2) is 14.2 Å². The maximum atomic E-state index is 9.71. The molecule has 0 N–H and O–H groups in total. The summed E-state index contributed by atoms with van der Waals surface area (Å²) in [5.74, 6) is 1.62. The summed E-state index contributed by atoms with van der Waals surface area (Å²) in [4.78, 5) is 10.9. The molecule has 0 aliphatic heterocycles. The average molecular weight is 783 g/mol. The lowest BCUT2D eigenvalue weighted by Gasteiger charge is -2.15. The van der Waals surface area contributed by atoms with Gasteiger partial charge in [0, 0.05) is 70.7 Å². The molecule has 252 valence electrons. The summed E-state index contributed by atoms with van der Waals surface area (Å²) in [5.41, 5.74) is 3.42. The van der Waals surface area contributed by atoms with Crippen LogP contribution in [0.5, 0.6) is 11.5 Å². The number of rotatable bonds is 10. The first-order valence-corrected chi connectivity index (χ1v) is 21.0. The highest BCUT2D eigenvalue weighted by Gasteiger charge is 2.19. The first-order valence-electron chi connectivity index (χ1n) is 16.0. The van der Waals surface area contributed by atoms with E-state index in [1.165, 1.54) is 9.75 Å². The van der Waals surface area contributed by atoms with E-state index in [9.17, 15) is 10.5 Å². The first-order chi connectivity index (χ1) is 25.6. The highest BCUT2D eigenvalue weighted by atomic mass is 32.1. The molecular formula is C42H26N2O2S6. The minimum Gasteiger partial charge on any atom is -0.495 e. The smallest absolute Gasteiger partial charge is 0.135 e. The van der Waals surface area contributed by atoms with E-state index in [1.807, 2.05) is 47.2 Å². The molecule has 6 heterocycles. The van der Waals surface area contributed by atoms with Gasteiger partial charge in [-0.15, -0.1) is 68.0 Å². The van der Waals surface area contributed by atoms with Crippen LogP contribution in [0.15, 0.2) is 108 Å². The van der Waals surface area contributed by atoms with Crippen molar-refractivity contribution in [3.63, 3.8) is 0 Å². The molecule has 0 fully saturated rings. The zero-order chi connectivity index (χ0) is 35.6. The molecule has 0 radical (unpaired) electrons. The number of methoxy groups -OCH3 is 2. The predicted octanol–water partition coefficient (Wildman–Crippen LogP) is 14.0. The standard InChI is InChI=1S/C42H26N2O2S6/c1-45-41-29-9-12-32(36-16-18-40(52-36)38-14-8-28(50-38)22-26(24-44)34-6-4-20-48-34)42(46-2)30(29)10-11-31(41)35-15-17-39(51-35)37-13-7-27(49-37)21-25(23-43)33-5-3-19-47-33/h3-22H,1-2H3. The number of ether oxygens (including phenoxy) is 2. The number of allylic oxidation sites excluding steroid dienone is 2. The molecular weight excluding hydrogens is 757 g/mol. The molecule has 0 atom stereocenters. The number of hydrogen-bond donors (Lipinski definition) is 0. The quantitative estimate of drug-likeness (QED) is 0.130. The summed E-state index contributed by atoms with van der Waals surface area (Å²) >= 11 is 9.97. The van der Waals surface area contributed by atoms with Gasteiger partial charge in [0.15, 0.2) is 0 Å². The van der Waals surface area contributed by atoms with E-state index in [4.69, 9.17) is 9.47 Å². The van der Waals surface area contributed by atoms with Crippen molar-refractivity contribution in [3.8, 4) is 64.0 Å². The lowest BCUT2D eigenvalue weighted by atomic mass is 10.00. The maximum Gasteiger partial charge on any atom is 0.135 e. The first kappa shape index (κ1) is 34.1. The number of benzene rings is 2. The van der Waals surface area contributed by atoms with Crippen LogP contribution in [0.3, 0.4) is 0 Å². The van der Waals surface area contributed by atoms with E-state index in [0.717, 1.165) is 72.4 Å². The third-order valence-electron chi connectivity index (χ3n) is 8.38. The normalized spacial score (nSPS) is 11.8. The van der Waals surface area contributed by atoms with E-state index < -0.39 is 0 Å². The van der Waals surface area contributed by atoms with Crippen LogP contribution >= 0.6 is 68.0 Å². The Hall–Kier alpha value is -5.04. The number of nitriles is 2. The summed E-state index contributed by atoms with van der Waals surface area (Å²) < 4.78 is 12.2. The SMILES string of the molecule is COc1c(-c2ccc(-c3ccc(C=C(C#N)c4cccs4)s3)s2)ccc2c(OC)c(-c3ccc(-c4ccc(C=C(C#N)c5cccs5)s4)s3)ccc12. The van der Waals surface area contributed by atoms with Crippen molar-refractivity contribution in [2.24, 2.45) is 0 Å². The molecule has 2 aromatic carbocycles. The Morgan fingerprint density at radius 2 is 0.904 bits per heavy atom. The van der Waals surface area contributed by atoms with Crippen LogP contribution in [0.2, 0.25) is 0 Å². The minimum atomic E-state index is 0.681. The molecule has 52 heavy (non-hydrogen) atoms. The van der Waals surface area contributed by atoms with Crippen molar-refractivity contribution in [1.29, 1.82) is 10.5 Å². The van der Waals surface area contributed by atoms with Crippen LogP contribution in [-0.2, 0) is 0 Å². The van der Waals surface area contributed by atoms with Gasteiger partial charge in [0.05, 0.1) is 25.4 Å². The Balaban J connectivity index is 1.08. The van der Waals surface area contributed by atoms with Crippen LogP contribution in [0.1, 0.15) is 19.5 Å². The van der Waals surface area contributed by atoms with Gasteiger partial charge in [-0.3, -0.25) is 0 Å².